The van der Waals surface area contributed by atoms with Crippen LogP contribution in [0.25, 0.3) is 0 Å². The van der Waals surface area contributed by atoms with Crippen molar-refractivity contribution in [3.8, 4) is 11.5 Å². The van der Waals surface area contributed by atoms with E-state index in [0.29, 0.717) is 18.6 Å². The maximum Gasteiger partial charge on any atom is 0.356 e. The number of aliphatic imine (C=N–C) groups is 1. The molecule has 1 aromatic carbocycles. The number of methoxy groups -OCH3 is 2. The van der Waals surface area contributed by atoms with Gasteiger partial charge in [-0.25, -0.2) is 14.5 Å². The van der Waals surface area contributed by atoms with E-state index in [9.17, 15) is 13.8 Å². The minimum Gasteiger partial charge on any atom is -0.496 e. The van der Waals surface area contributed by atoms with Crippen LogP contribution in [0.3, 0.4) is 0 Å². The molecule has 0 radical (unpaired) electrons. The number of rotatable bonds is 11. The van der Waals surface area contributed by atoms with Gasteiger partial charge in [-0.3, -0.25) is 9.79 Å². The number of benzene rings is 1. The Balaban J connectivity index is 1.84. The van der Waals surface area contributed by atoms with Gasteiger partial charge in [0.15, 0.2) is 5.82 Å². The molecular weight excluding hydrogens is 464 g/mol. The highest BCUT2D eigenvalue weighted by Gasteiger charge is 2.20. The Labute approximate surface area is 200 Å². The number of H-pyrrole nitrogens is 1. The molecule has 6 N–H and O–H groups in total. The molecule has 34 heavy (non-hydrogen) atoms. The summed E-state index contributed by atoms with van der Waals surface area (Å²) >= 11 is -1.96. The molecule has 0 fully saturated rings. The van der Waals surface area contributed by atoms with Gasteiger partial charge in [0.25, 0.3) is 0 Å². The first-order valence-corrected chi connectivity index (χ1v) is 11.4. The Morgan fingerprint density at radius 2 is 1.97 bits per heavy atom. The summed E-state index contributed by atoms with van der Waals surface area (Å²) in [7, 11) is 2.81. The minimum atomic E-state index is -1.96. The van der Waals surface area contributed by atoms with E-state index in [1.54, 1.807) is 13.2 Å². The standard InChI is InChI=1S/C21H30N6O6S/c1-11-9-16(31-4)12(2)13(3)18(11)33-34(30)27-21(23)24-8-6-7-14(22)17(28)19-25-10-15(26-19)20(29)32-5/h9-10,14H,6-8,22H2,1-5H3,(H,25,26)(H3,23,24,27)/t14-,34?/m0/s1. The van der Waals surface area contributed by atoms with E-state index in [4.69, 9.17) is 20.4 Å². The molecule has 0 aliphatic rings. The summed E-state index contributed by atoms with van der Waals surface area (Å²) in [4.78, 5) is 34.3. The van der Waals surface area contributed by atoms with Gasteiger partial charge in [-0.1, -0.05) is 0 Å². The first kappa shape index (κ1) is 26.8. The number of hydrogen-bond donors (Lipinski definition) is 4. The predicted octanol–water partition coefficient (Wildman–Crippen LogP) is 0.982. The molecule has 0 bridgehead atoms. The van der Waals surface area contributed by atoms with Crippen LogP contribution in [0.1, 0.15) is 50.6 Å². The highest BCUT2D eigenvalue weighted by molar-refractivity contribution is 7.79. The zero-order valence-electron chi connectivity index (χ0n) is 19.8. The van der Waals surface area contributed by atoms with E-state index in [2.05, 4.69) is 24.4 Å². The number of carbonyl (C=O) groups excluding carboxylic acids is 2. The number of nitrogens with two attached hydrogens (primary N) is 2. The summed E-state index contributed by atoms with van der Waals surface area (Å²) in [5, 5.41) is 0. The van der Waals surface area contributed by atoms with E-state index in [0.717, 1.165) is 22.4 Å². The largest absolute Gasteiger partial charge is 0.496 e. The van der Waals surface area contributed by atoms with Crippen LogP contribution >= 0.6 is 0 Å². The third-order valence-electron chi connectivity index (χ3n) is 5.05. The zero-order chi connectivity index (χ0) is 25.4. The van der Waals surface area contributed by atoms with Crippen molar-refractivity contribution in [1.29, 1.82) is 0 Å². The van der Waals surface area contributed by atoms with E-state index in [-0.39, 0.29) is 24.0 Å². The van der Waals surface area contributed by atoms with Crippen LogP contribution in [0.2, 0.25) is 0 Å². The maximum absolute atomic E-state index is 12.3. The van der Waals surface area contributed by atoms with Crippen molar-refractivity contribution in [2.75, 3.05) is 20.8 Å². The lowest BCUT2D eigenvalue weighted by atomic mass is 10.0. The molecule has 2 atom stereocenters. The fourth-order valence-electron chi connectivity index (χ4n) is 3.05. The van der Waals surface area contributed by atoms with Crippen LogP contribution in [-0.2, 0) is 16.0 Å². The first-order valence-electron chi connectivity index (χ1n) is 10.3. The van der Waals surface area contributed by atoms with Crippen molar-refractivity contribution in [1.82, 2.24) is 14.7 Å². The second-order valence-electron chi connectivity index (χ2n) is 7.41. The Hall–Kier alpha value is -3.45. The number of esters is 1. The van der Waals surface area contributed by atoms with Crippen LogP contribution < -0.4 is 25.1 Å². The molecule has 0 aliphatic heterocycles. The third-order valence-corrected chi connectivity index (χ3v) is 5.75. The molecule has 1 unspecified atom stereocenters. The number of ketones is 1. The van der Waals surface area contributed by atoms with Gasteiger partial charge in [0.2, 0.25) is 11.7 Å². The van der Waals surface area contributed by atoms with Crippen LogP contribution in [0.15, 0.2) is 17.3 Å². The lowest BCUT2D eigenvalue weighted by Crippen LogP contribution is -2.36. The molecule has 1 aromatic heterocycles. The van der Waals surface area contributed by atoms with Gasteiger partial charge in [0.1, 0.15) is 17.2 Å². The lowest BCUT2D eigenvalue weighted by molar-refractivity contribution is 0.0594. The summed E-state index contributed by atoms with van der Waals surface area (Å²) in [5.74, 6) is 0.00743. The van der Waals surface area contributed by atoms with Crippen LogP contribution in [0.4, 0.5) is 0 Å². The molecule has 13 heteroatoms. The molecule has 0 aliphatic carbocycles. The monoisotopic (exact) mass is 494 g/mol. The van der Waals surface area contributed by atoms with Crippen molar-refractivity contribution in [3.63, 3.8) is 0 Å². The van der Waals surface area contributed by atoms with Gasteiger partial charge in [0.05, 0.1) is 26.5 Å². The molecule has 0 spiro atoms. The van der Waals surface area contributed by atoms with E-state index < -0.39 is 29.1 Å². The number of ether oxygens (including phenoxy) is 2. The van der Waals surface area contributed by atoms with Crippen LogP contribution in [-0.4, -0.2) is 58.7 Å². The topological polar surface area (TPSA) is 184 Å². The Kier molecular flexibility index (Phi) is 9.57. The van der Waals surface area contributed by atoms with E-state index in [1.807, 2.05) is 20.8 Å². The average Bonchev–Trinajstić information content (AvgIpc) is 3.31. The molecular formula is C21H30N6O6S. The number of nitrogens with zero attached hydrogens (tertiary/aromatic N) is 2. The number of aromatic amines is 1. The second-order valence-corrected chi connectivity index (χ2v) is 8.25. The SMILES string of the molecule is COC(=O)c1cnc(C(=O)[C@@H](N)CCCN=C(N)NS(=O)Oc2c(C)cc(OC)c(C)c2C)[nH]1. The number of Topliss-reactive ketones (excluding diaryl/α,β-unsaturated/α-hetero) is 1. The fraction of sp³-hybridized carbons (Fsp3) is 0.429. The second kappa shape index (κ2) is 12.1. The number of nitrogens with one attached hydrogen (secondary N) is 2. The molecule has 0 saturated carbocycles. The van der Waals surface area contributed by atoms with Gasteiger partial charge in [-0.05, 0) is 56.4 Å². The number of aromatic nitrogens is 2. The Morgan fingerprint density at radius 3 is 2.62 bits per heavy atom. The zero-order valence-corrected chi connectivity index (χ0v) is 20.6. The first-order chi connectivity index (χ1) is 16.1. The van der Waals surface area contributed by atoms with Gasteiger partial charge in [0, 0.05) is 6.54 Å². The van der Waals surface area contributed by atoms with Crippen molar-refractivity contribution < 1.29 is 27.5 Å². The van der Waals surface area contributed by atoms with Gasteiger partial charge in [-0.15, -0.1) is 0 Å². The summed E-state index contributed by atoms with van der Waals surface area (Å²) in [6.07, 6.45) is 1.94. The van der Waals surface area contributed by atoms with Gasteiger partial charge in [-0.2, -0.15) is 4.21 Å². The van der Waals surface area contributed by atoms with Crippen molar-refractivity contribution in [2.45, 2.75) is 39.7 Å². The van der Waals surface area contributed by atoms with Crippen molar-refractivity contribution >= 4 is 29.0 Å². The quantitative estimate of drug-likeness (QED) is 0.116. The Bertz CT molecular complexity index is 1100. The molecule has 1 heterocycles. The van der Waals surface area contributed by atoms with E-state index in [1.165, 1.54) is 13.3 Å². The molecule has 2 rings (SSSR count). The fourth-order valence-corrected chi connectivity index (χ4v) is 3.74. The van der Waals surface area contributed by atoms with Gasteiger partial charge < -0.3 is 30.1 Å². The minimum absolute atomic E-state index is 0.0236. The molecule has 186 valence electrons. The molecule has 12 nitrogen and oxygen atoms in total. The molecule has 0 amide bonds. The summed E-state index contributed by atoms with van der Waals surface area (Å²) in [5.41, 5.74) is 14.2. The number of aryl methyl sites for hydroxylation is 1. The summed E-state index contributed by atoms with van der Waals surface area (Å²) in [6.45, 7) is 5.79. The lowest BCUT2D eigenvalue weighted by Gasteiger charge is -2.15. The summed E-state index contributed by atoms with van der Waals surface area (Å²) < 4.78 is 30.2. The van der Waals surface area contributed by atoms with E-state index >= 15 is 0 Å². The predicted molar refractivity (Wildman–Crippen MR) is 127 cm³/mol. The number of hydrogen-bond acceptors (Lipinski definition) is 9. The average molecular weight is 495 g/mol. The summed E-state index contributed by atoms with van der Waals surface area (Å²) in [6, 6.07) is 0.957. The number of imidazole rings is 1. The van der Waals surface area contributed by atoms with Crippen molar-refractivity contribution in [2.24, 2.45) is 16.5 Å². The van der Waals surface area contributed by atoms with Crippen LogP contribution in [0, 0.1) is 20.8 Å². The highest BCUT2D eigenvalue weighted by atomic mass is 32.2. The molecule has 2 aromatic rings. The third kappa shape index (κ3) is 6.78. The van der Waals surface area contributed by atoms with Crippen LogP contribution in [0.5, 0.6) is 11.5 Å². The normalized spacial score (nSPS) is 13.2. The number of guanidine groups is 1. The Morgan fingerprint density at radius 1 is 1.26 bits per heavy atom. The van der Waals surface area contributed by atoms with Crippen molar-refractivity contribution in [3.05, 3.63) is 40.5 Å². The molecule has 0 saturated heterocycles. The maximum atomic E-state index is 12.3. The smallest absolute Gasteiger partial charge is 0.356 e. The van der Waals surface area contributed by atoms with Gasteiger partial charge >= 0.3 is 17.2 Å². The number of carbonyl (C=O) groups is 2. The highest BCUT2D eigenvalue weighted by Crippen LogP contribution is 2.33.